The van der Waals surface area contributed by atoms with Crippen LogP contribution in [0.3, 0.4) is 0 Å². The first kappa shape index (κ1) is 16.3. The van der Waals surface area contributed by atoms with Crippen molar-refractivity contribution in [2.75, 3.05) is 18.1 Å². The Morgan fingerprint density at radius 3 is 2.84 bits per heavy atom. The highest BCUT2D eigenvalue weighted by Crippen LogP contribution is 2.33. The number of nitriles is 1. The number of rotatable bonds is 4. The summed E-state index contributed by atoms with van der Waals surface area (Å²) in [5.74, 6) is -0.155. The molecule has 2 N–H and O–H groups in total. The predicted molar refractivity (Wildman–Crippen MR) is 89.1 cm³/mol. The number of anilines is 1. The van der Waals surface area contributed by atoms with Gasteiger partial charge in [-0.05, 0) is 30.3 Å². The molecule has 0 aromatic heterocycles. The predicted octanol–water partition coefficient (Wildman–Crippen LogP) is 1.22. The van der Waals surface area contributed by atoms with Gasteiger partial charge in [0.2, 0.25) is 0 Å². The summed E-state index contributed by atoms with van der Waals surface area (Å²) < 4.78 is 11.0. The fraction of sp³-hybridized carbons (Fsp3) is 0.167. The first-order valence-electron chi connectivity index (χ1n) is 7.57. The number of primary amides is 1. The number of para-hydroxylation sites is 2. The molecule has 2 amide bonds. The van der Waals surface area contributed by atoms with E-state index in [0.29, 0.717) is 22.7 Å². The molecule has 7 heteroatoms. The lowest BCUT2D eigenvalue weighted by atomic mass is 10.2. The zero-order chi connectivity index (χ0) is 17.8. The zero-order valence-corrected chi connectivity index (χ0v) is 13.2. The molecular formula is C18H15N3O4. The number of hydrogen-bond acceptors (Lipinski definition) is 5. The molecule has 1 atom stereocenters. The summed E-state index contributed by atoms with van der Waals surface area (Å²) in [6, 6.07) is 15.4. The Morgan fingerprint density at radius 2 is 2.08 bits per heavy atom. The lowest BCUT2D eigenvalue weighted by Gasteiger charge is -2.33. The van der Waals surface area contributed by atoms with Gasteiger partial charge < -0.3 is 20.1 Å². The van der Waals surface area contributed by atoms with Gasteiger partial charge in [-0.25, -0.2) is 0 Å². The van der Waals surface area contributed by atoms with Gasteiger partial charge in [0.05, 0.1) is 23.9 Å². The van der Waals surface area contributed by atoms with Crippen molar-refractivity contribution in [1.82, 2.24) is 0 Å². The molecule has 0 aliphatic carbocycles. The van der Waals surface area contributed by atoms with E-state index in [1.54, 1.807) is 48.5 Å². The first-order valence-corrected chi connectivity index (χ1v) is 7.57. The minimum atomic E-state index is -0.916. The number of fused-ring (bicyclic) bond motifs is 1. The topological polar surface area (TPSA) is 106 Å². The Morgan fingerprint density at radius 1 is 1.28 bits per heavy atom. The molecule has 0 bridgehead atoms. The van der Waals surface area contributed by atoms with Crippen LogP contribution in [-0.4, -0.2) is 31.1 Å². The Hall–Kier alpha value is -3.53. The Balaban J connectivity index is 1.76. The maximum absolute atomic E-state index is 12.6. The normalized spacial score (nSPS) is 15.5. The van der Waals surface area contributed by atoms with Crippen LogP contribution in [0.25, 0.3) is 0 Å². The largest absolute Gasteiger partial charge is 0.484 e. The van der Waals surface area contributed by atoms with E-state index >= 15 is 0 Å². The number of carbonyl (C=O) groups excluding carboxylic acids is 2. The minimum Gasteiger partial charge on any atom is -0.484 e. The fourth-order valence-corrected chi connectivity index (χ4v) is 2.50. The van der Waals surface area contributed by atoms with Gasteiger partial charge in [-0.1, -0.05) is 18.2 Å². The third-order valence-corrected chi connectivity index (χ3v) is 3.72. The van der Waals surface area contributed by atoms with E-state index in [9.17, 15) is 9.59 Å². The van der Waals surface area contributed by atoms with Gasteiger partial charge in [-0.2, -0.15) is 5.26 Å². The van der Waals surface area contributed by atoms with Gasteiger partial charge in [-0.15, -0.1) is 0 Å². The molecule has 0 spiro atoms. The number of nitrogens with zero attached hydrogens (tertiary/aromatic N) is 2. The van der Waals surface area contributed by atoms with Crippen LogP contribution in [0, 0.1) is 11.3 Å². The SMILES string of the molecule is N#Cc1cccc(OCC(=O)N2CC(C(N)=O)Oc3ccccc32)c1. The van der Waals surface area contributed by atoms with E-state index in [2.05, 4.69) is 0 Å². The molecule has 1 heterocycles. The molecule has 3 rings (SSSR count). The van der Waals surface area contributed by atoms with Crippen molar-refractivity contribution in [3.05, 3.63) is 54.1 Å². The molecule has 1 aliphatic heterocycles. The van der Waals surface area contributed by atoms with Crippen molar-refractivity contribution in [2.24, 2.45) is 5.73 Å². The molecule has 2 aromatic carbocycles. The third kappa shape index (κ3) is 3.53. The van der Waals surface area contributed by atoms with Gasteiger partial charge in [-0.3, -0.25) is 9.59 Å². The van der Waals surface area contributed by atoms with Gasteiger partial charge in [0, 0.05) is 0 Å². The Kier molecular flexibility index (Phi) is 4.53. The number of benzene rings is 2. The summed E-state index contributed by atoms with van der Waals surface area (Å²) in [7, 11) is 0. The van der Waals surface area contributed by atoms with E-state index in [1.807, 2.05) is 6.07 Å². The van der Waals surface area contributed by atoms with Crippen molar-refractivity contribution in [2.45, 2.75) is 6.10 Å². The van der Waals surface area contributed by atoms with Crippen LogP contribution in [0.4, 0.5) is 5.69 Å². The average Bonchev–Trinajstić information content (AvgIpc) is 2.65. The van der Waals surface area contributed by atoms with Crippen molar-refractivity contribution < 1.29 is 19.1 Å². The average molecular weight is 337 g/mol. The summed E-state index contributed by atoms with van der Waals surface area (Å²) >= 11 is 0. The lowest BCUT2D eigenvalue weighted by Crippen LogP contribution is -2.50. The van der Waals surface area contributed by atoms with E-state index in [1.165, 1.54) is 4.90 Å². The maximum atomic E-state index is 12.6. The van der Waals surface area contributed by atoms with E-state index < -0.39 is 12.0 Å². The highest BCUT2D eigenvalue weighted by Gasteiger charge is 2.32. The third-order valence-electron chi connectivity index (χ3n) is 3.72. The standard InChI is InChI=1S/C18H15N3O4/c19-9-12-4-3-5-13(8-12)24-11-17(22)21-10-16(18(20)23)25-15-7-2-1-6-14(15)21/h1-8,16H,10-11H2,(H2,20,23). The van der Waals surface area contributed by atoms with Crippen LogP contribution < -0.4 is 20.1 Å². The molecule has 1 unspecified atom stereocenters. The highest BCUT2D eigenvalue weighted by molar-refractivity contribution is 5.98. The fourth-order valence-electron chi connectivity index (χ4n) is 2.50. The lowest BCUT2D eigenvalue weighted by molar-refractivity contribution is -0.125. The maximum Gasteiger partial charge on any atom is 0.265 e. The molecular weight excluding hydrogens is 322 g/mol. The summed E-state index contributed by atoms with van der Waals surface area (Å²) in [6.07, 6.45) is -0.916. The number of ether oxygens (including phenoxy) is 2. The number of nitrogens with two attached hydrogens (primary N) is 1. The number of amides is 2. The molecule has 0 saturated heterocycles. The first-order chi connectivity index (χ1) is 12.1. The molecule has 1 aliphatic rings. The van der Waals surface area contributed by atoms with Crippen LogP contribution in [0.15, 0.2) is 48.5 Å². The molecule has 25 heavy (non-hydrogen) atoms. The Labute approximate surface area is 144 Å². The summed E-state index contributed by atoms with van der Waals surface area (Å²) in [4.78, 5) is 25.5. The summed E-state index contributed by atoms with van der Waals surface area (Å²) in [5, 5.41) is 8.90. The van der Waals surface area contributed by atoms with Gasteiger partial charge >= 0.3 is 0 Å². The molecule has 7 nitrogen and oxygen atoms in total. The smallest absolute Gasteiger partial charge is 0.265 e. The molecule has 0 saturated carbocycles. The van der Waals surface area contributed by atoms with Gasteiger partial charge in [0.1, 0.15) is 11.5 Å². The zero-order valence-electron chi connectivity index (χ0n) is 13.2. The van der Waals surface area contributed by atoms with Crippen molar-refractivity contribution in [3.8, 4) is 17.6 Å². The number of carbonyl (C=O) groups is 2. The molecule has 0 fully saturated rings. The van der Waals surface area contributed by atoms with E-state index in [-0.39, 0.29) is 19.1 Å². The summed E-state index contributed by atoms with van der Waals surface area (Å²) in [6.45, 7) is -0.221. The van der Waals surface area contributed by atoms with Crippen LogP contribution in [0.1, 0.15) is 5.56 Å². The van der Waals surface area contributed by atoms with E-state index in [0.717, 1.165) is 0 Å². The van der Waals surface area contributed by atoms with Crippen LogP contribution >= 0.6 is 0 Å². The van der Waals surface area contributed by atoms with Gasteiger partial charge in [0.15, 0.2) is 12.7 Å². The van der Waals surface area contributed by atoms with Crippen LogP contribution in [-0.2, 0) is 9.59 Å². The Bertz CT molecular complexity index is 859. The second kappa shape index (κ2) is 6.93. The molecule has 0 radical (unpaired) electrons. The molecule has 126 valence electrons. The molecule has 2 aromatic rings. The highest BCUT2D eigenvalue weighted by atomic mass is 16.5. The summed E-state index contributed by atoms with van der Waals surface area (Å²) in [5.41, 5.74) is 6.32. The van der Waals surface area contributed by atoms with Crippen LogP contribution in [0.2, 0.25) is 0 Å². The second-order valence-corrected chi connectivity index (χ2v) is 5.41. The van der Waals surface area contributed by atoms with Crippen molar-refractivity contribution >= 4 is 17.5 Å². The van der Waals surface area contributed by atoms with Crippen LogP contribution in [0.5, 0.6) is 11.5 Å². The second-order valence-electron chi connectivity index (χ2n) is 5.41. The minimum absolute atomic E-state index is 0.0206. The number of hydrogen-bond donors (Lipinski definition) is 1. The van der Waals surface area contributed by atoms with Gasteiger partial charge in [0.25, 0.3) is 11.8 Å². The van der Waals surface area contributed by atoms with E-state index in [4.69, 9.17) is 20.5 Å². The monoisotopic (exact) mass is 337 g/mol. The van der Waals surface area contributed by atoms with Crippen molar-refractivity contribution in [1.29, 1.82) is 5.26 Å². The van der Waals surface area contributed by atoms with Crippen molar-refractivity contribution in [3.63, 3.8) is 0 Å². The quantitative estimate of drug-likeness (QED) is 0.903.